The van der Waals surface area contributed by atoms with Crippen LogP contribution in [-0.2, 0) is 0 Å². The molecule has 0 aromatic heterocycles. The maximum absolute atomic E-state index is 8.89. The maximum Gasteiger partial charge on any atom is 0.0700 e. The summed E-state index contributed by atoms with van der Waals surface area (Å²) in [6, 6.07) is 2.41. The first-order chi connectivity index (χ1) is 5.70. The van der Waals surface area contributed by atoms with Crippen molar-refractivity contribution < 1.29 is 0 Å². The zero-order valence-electron chi connectivity index (χ0n) is 8.14. The van der Waals surface area contributed by atoms with Crippen molar-refractivity contribution in [3.63, 3.8) is 0 Å². The molecule has 1 fully saturated rings. The lowest BCUT2D eigenvalue weighted by atomic mass is 9.92. The van der Waals surface area contributed by atoms with Crippen molar-refractivity contribution >= 4 is 0 Å². The average molecular weight is 166 g/mol. The van der Waals surface area contributed by atoms with Gasteiger partial charge in [0.25, 0.3) is 0 Å². The van der Waals surface area contributed by atoms with Gasteiger partial charge in [-0.25, -0.2) is 0 Å². The Morgan fingerprint density at radius 2 is 2.33 bits per heavy atom. The summed E-state index contributed by atoms with van der Waals surface area (Å²) >= 11 is 0. The first kappa shape index (κ1) is 9.54. The number of nitriles is 1. The molecule has 2 heteroatoms. The van der Waals surface area contributed by atoms with E-state index in [1.807, 2.05) is 0 Å². The van der Waals surface area contributed by atoms with E-state index >= 15 is 0 Å². The fraction of sp³-hybridized carbons (Fsp3) is 0.900. The summed E-state index contributed by atoms with van der Waals surface area (Å²) in [4.78, 5) is 2.41. The van der Waals surface area contributed by atoms with Crippen molar-refractivity contribution in [2.45, 2.75) is 33.1 Å². The quantitative estimate of drug-likeness (QED) is 0.641. The van der Waals surface area contributed by atoms with Crippen molar-refractivity contribution in [1.82, 2.24) is 4.90 Å². The van der Waals surface area contributed by atoms with E-state index in [9.17, 15) is 0 Å². The van der Waals surface area contributed by atoms with Crippen molar-refractivity contribution in [2.24, 2.45) is 5.41 Å². The molecule has 1 heterocycles. The number of likely N-dealkylation sites (tertiary alicyclic amines) is 1. The maximum atomic E-state index is 8.89. The highest BCUT2D eigenvalue weighted by Crippen LogP contribution is 2.28. The monoisotopic (exact) mass is 166 g/mol. The van der Waals surface area contributed by atoms with Crippen LogP contribution in [0.1, 0.15) is 33.1 Å². The molecular formula is C10H18N2. The topological polar surface area (TPSA) is 27.0 Å². The van der Waals surface area contributed by atoms with Crippen molar-refractivity contribution in [3.05, 3.63) is 0 Å². The molecule has 1 aliphatic rings. The SMILES string of the molecule is CCCCN1CCC(C)(C#N)C1. The first-order valence-electron chi connectivity index (χ1n) is 4.84. The van der Waals surface area contributed by atoms with E-state index in [-0.39, 0.29) is 5.41 Å². The molecule has 0 bridgehead atoms. The van der Waals surface area contributed by atoms with E-state index < -0.39 is 0 Å². The van der Waals surface area contributed by atoms with Crippen LogP contribution in [0, 0.1) is 16.7 Å². The summed E-state index contributed by atoms with van der Waals surface area (Å²) in [6.07, 6.45) is 3.56. The van der Waals surface area contributed by atoms with E-state index in [1.54, 1.807) is 0 Å². The van der Waals surface area contributed by atoms with Gasteiger partial charge in [-0.05, 0) is 32.9 Å². The van der Waals surface area contributed by atoms with Gasteiger partial charge in [0.15, 0.2) is 0 Å². The van der Waals surface area contributed by atoms with Crippen molar-refractivity contribution in [2.75, 3.05) is 19.6 Å². The highest BCUT2D eigenvalue weighted by molar-refractivity contribution is 5.01. The molecule has 0 aromatic rings. The van der Waals surface area contributed by atoms with Crippen LogP contribution in [0.5, 0.6) is 0 Å². The summed E-state index contributed by atoms with van der Waals surface area (Å²) in [5.41, 5.74) is -0.0618. The molecule has 1 aliphatic heterocycles. The summed E-state index contributed by atoms with van der Waals surface area (Å²) in [5, 5.41) is 8.89. The van der Waals surface area contributed by atoms with Crippen LogP contribution < -0.4 is 0 Å². The van der Waals surface area contributed by atoms with Crippen LogP contribution in [0.15, 0.2) is 0 Å². The smallest absolute Gasteiger partial charge is 0.0700 e. The Bertz CT molecular complexity index is 183. The Morgan fingerprint density at radius 1 is 1.58 bits per heavy atom. The Hall–Kier alpha value is -0.550. The van der Waals surface area contributed by atoms with Gasteiger partial charge in [0.1, 0.15) is 0 Å². The zero-order valence-corrected chi connectivity index (χ0v) is 8.14. The molecule has 1 atom stereocenters. The van der Waals surface area contributed by atoms with Crippen molar-refractivity contribution in [1.29, 1.82) is 5.26 Å². The molecule has 68 valence electrons. The lowest BCUT2D eigenvalue weighted by molar-refractivity contribution is 0.305. The second-order valence-corrected chi connectivity index (χ2v) is 4.05. The second kappa shape index (κ2) is 3.91. The average Bonchev–Trinajstić information content (AvgIpc) is 2.45. The molecule has 0 amide bonds. The first-order valence-corrected chi connectivity index (χ1v) is 4.84. The fourth-order valence-electron chi connectivity index (χ4n) is 1.72. The largest absolute Gasteiger partial charge is 0.302 e. The Kier molecular flexibility index (Phi) is 3.11. The van der Waals surface area contributed by atoms with Gasteiger partial charge in [-0.2, -0.15) is 5.26 Å². The number of unbranched alkanes of at least 4 members (excludes halogenated alkanes) is 1. The number of nitrogens with zero attached hydrogens (tertiary/aromatic N) is 2. The Labute approximate surface area is 75.2 Å². The third kappa shape index (κ3) is 2.22. The molecule has 0 aromatic carbocycles. The van der Waals surface area contributed by atoms with Gasteiger partial charge in [-0.1, -0.05) is 13.3 Å². The molecule has 0 spiro atoms. The fourth-order valence-corrected chi connectivity index (χ4v) is 1.72. The minimum atomic E-state index is -0.0618. The van der Waals surface area contributed by atoms with E-state index in [1.165, 1.54) is 19.4 Å². The van der Waals surface area contributed by atoms with E-state index in [4.69, 9.17) is 5.26 Å². The van der Waals surface area contributed by atoms with Gasteiger partial charge in [-0.3, -0.25) is 0 Å². The summed E-state index contributed by atoms with van der Waals surface area (Å²) in [6.45, 7) is 7.54. The lowest BCUT2D eigenvalue weighted by Crippen LogP contribution is -2.24. The minimum absolute atomic E-state index is 0.0618. The third-order valence-electron chi connectivity index (χ3n) is 2.65. The van der Waals surface area contributed by atoms with Crippen LogP contribution in [0.2, 0.25) is 0 Å². The van der Waals surface area contributed by atoms with Crippen molar-refractivity contribution in [3.8, 4) is 6.07 Å². The van der Waals surface area contributed by atoms with Gasteiger partial charge in [0.2, 0.25) is 0 Å². The van der Waals surface area contributed by atoms with E-state index in [2.05, 4.69) is 24.8 Å². The van der Waals surface area contributed by atoms with Gasteiger partial charge >= 0.3 is 0 Å². The highest BCUT2D eigenvalue weighted by atomic mass is 15.1. The predicted molar refractivity (Wildman–Crippen MR) is 49.7 cm³/mol. The predicted octanol–water partition coefficient (Wildman–Crippen LogP) is 2.02. The molecule has 0 radical (unpaired) electrons. The van der Waals surface area contributed by atoms with Gasteiger partial charge in [0.05, 0.1) is 11.5 Å². The minimum Gasteiger partial charge on any atom is -0.302 e. The summed E-state index contributed by atoms with van der Waals surface area (Å²) in [7, 11) is 0. The van der Waals surface area contributed by atoms with E-state index in [0.717, 1.165) is 19.5 Å². The van der Waals surface area contributed by atoms with Crippen LogP contribution in [0.4, 0.5) is 0 Å². The molecule has 0 saturated carbocycles. The Morgan fingerprint density at radius 3 is 2.83 bits per heavy atom. The summed E-state index contributed by atoms with van der Waals surface area (Å²) in [5.74, 6) is 0. The van der Waals surface area contributed by atoms with Crippen LogP contribution in [0.25, 0.3) is 0 Å². The number of hydrogen-bond donors (Lipinski definition) is 0. The molecule has 0 N–H and O–H groups in total. The normalized spacial score (nSPS) is 30.4. The lowest BCUT2D eigenvalue weighted by Gasteiger charge is -2.16. The standard InChI is InChI=1S/C10H18N2/c1-3-4-6-12-7-5-10(2,8-11)9-12/h3-7,9H2,1-2H3. The molecule has 1 unspecified atom stereocenters. The van der Waals surface area contributed by atoms with Gasteiger partial charge < -0.3 is 4.90 Å². The summed E-state index contributed by atoms with van der Waals surface area (Å²) < 4.78 is 0. The number of hydrogen-bond acceptors (Lipinski definition) is 2. The van der Waals surface area contributed by atoms with Crippen LogP contribution in [-0.4, -0.2) is 24.5 Å². The molecule has 1 rings (SSSR count). The second-order valence-electron chi connectivity index (χ2n) is 4.05. The molecule has 2 nitrogen and oxygen atoms in total. The molecule has 0 aliphatic carbocycles. The molecular weight excluding hydrogens is 148 g/mol. The highest BCUT2D eigenvalue weighted by Gasteiger charge is 2.32. The van der Waals surface area contributed by atoms with E-state index in [0.29, 0.717) is 0 Å². The molecule has 1 saturated heterocycles. The Balaban J connectivity index is 2.31. The van der Waals surface area contributed by atoms with Crippen LogP contribution in [0.3, 0.4) is 0 Å². The number of rotatable bonds is 3. The van der Waals surface area contributed by atoms with Gasteiger partial charge in [-0.15, -0.1) is 0 Å². The third-order valence-corrected chi connectivity index (χ3v) is 2.65. The van der Waals surface area contributed by atoms with Gasteiger partial charge in [0, 0.05) is 6.54 Å². The molecule has 12 heavy (non-hydrogen) atoms. The van der Waals surface area contributed by atoms with Crippen LogP contribution >= 0.6 is 0 Å². The zero-order chi connectivity index (χ0) is 9.03.